The number of carbonyl (C=O) groups excluding carboxylic acids is 1. The van der Waals surface area contributed by atoms with Crippen molar-refractivity contribution in [3.05, 3.63) is 23.1 Å². The van der Waals surface area contributed by atoms with Crippen molar-refractivity contribution in [3.63, 3.8) is 0 Å². The van der Waals surface area contributed by atoms with Crippen LogP contribution in [0.3, 0.4) is 0 Å². The van der Waals surface area contributed by atoms with E-state index >= 15 is 0 Å². The predicted octanol–water partition coefficient (Wildman–Crippen LogP) is 3.00. The molecule has 2 unspecified atom stereocenters. The number of allylic oxidation sites excluding steroid dienone is 2. The molecule has 0 radical (unpaired) electrons. The fourth-order valence-electron chi connectivity index (χ4n) is 2.30. The van der Waals surface area contributed by atoms with Crippen LogP contribution in [0.5, 0.6) is 0 Å². The second kappa shape index (κ2) is 3.89. The number of carbonyl (C=O) groups is 1. The van der Waals surface area contributed by atoms with E-state index in [4.69, 9.17) is 4.52 Å². The second-order valence-electron chi connectivity index (χ2n) is 4.79. The molecule has 0 saturated heterocycles. The van der Waals surface area contributed by atoms with Crippen LogP contribution in [0.15, 0.2) is 16.2 Å². The second-order valence-corrected chi connectivity index (χ2v) is 4.79. The van der Waals surface area contributed by atoms with Crippen molar-refractivity contribution < 1.29 is 9.32 Å². The molecule has 1 aromatic rings. The fourth-order valence-corrected chi connectivity index (χ4v) is 2.30. The van der Waals surface area contributed by atoms with E-state index in [1.807, 2.05) is 26.8 Å². The molecule has 2 atom stereocenters. The van der Waals surface area contributed by atoms with Crippen molar-refractivity contribution in [1.82, 2.24) is 5.16 Å². The highest BCUT2D eigenvalue weighted by Gasteiger charge is 2.31. The number of aryl methyl sites for hydroxylation is 1. The van der Waals surface area contributed by atoms with Crippen LogP contribution in [-0.2, 0) is 4.79 Å². The number of Topliss-reactive ketones (excluding diaryl/α,β-unsaturated/α-hetero) is 1. The molecule has 0 spiro atoms. The molecule has 16 heavy (non-hydrogen) atoms. The molecule has 0 fully saturated rings. The van der Waals surface area contributed by atoms with Crippen molar-refractivity contribution in [3.8, 4) is 0 Å². The first-order chi connectivity index (χ1) is 7.50. The quantitative estimate of drug-likeness (QED) is 0.729. The zero-order chi connectivity index (χ0) is 11.9. The standard InChI is InChI=1S/C13H17NO2/c1-7-5-8(2)13(15)12(10(7)4)11-6-9(3)14-16-11/h6-8H,5H2,1-4H3. The molecule has 0 saturated carbocycles. The van der Waals surface area contributed by atoms with Gasteiger partial charge in [-0.05, 0) is 26.2 Å². The predicted molar refractivity (Wildman–Crippen MR) is 61.8 cm³/mol. The lowest BCUT2D eigenvalue weighted by atomic mass is 9.77. The SMILES string of the molecule is CC1=C(c2cc(C)no2)C(=O)C(C)CC1C. The maximum Gasteiger partial charge on any atom is 0.170 e. The minimum atomic E-state index is 0.0825. The van der Waals surface area contributed by atoms with E-state index in [0.717, 1.165) is 23.3 Å². The number of hydrogen-bond acceptors (Lipinski definition) is 3. The summed E-state index contributed by atoms with van der Waals surface area (Å²) in [5.74, 6) is 1.33. The molecule has 1 aliphatic rings. The molecule has 1 aromatic heterocycles. The van der Waals surface area contributed by atoms with Gasteiger partial charge in [0.15, 0.2) is 11.5 Å². The van der Waals surface area contributed by atoms with Gasteiger partial charge in [0.2, 0.25) is 0 Å². The molecule has 1 aliphatic carbocycles. The average molecular weight is 219 g/mol. The summed E-state index contributed by atoms with van der Waals surface area (Å²) < 4.78 is 5.21. The molecule has 3 heteroatoms. The number of nitrogens with zero attached hydrogens (tertiary/aromatic N) is 1. The van der Waals surface area contributed by atoms with Gasteiger partial charge in [0.1, 0.15) is 0 Å². The summed E-state index contributed by atoms with van der Waals surface area (Å²) in [6.45, 7) is 8.01. The third-order valence-corrected chi connectivity index (χ3v) is 3.41. The lowest BCUT2D eigenvalue weighted by Crippen LogP contribution is -2.23. The monoisotopic (exact) mass is 219 g/mol. The van der Waals surface area contributed by atoms with Gasteiger partial charge in [0, 0.05) is 12.0 Å². The highest BCUT2D eigenvalue weighted by atomic mass is 16.5. The third kappa shape index (κ3) is 1.70. The first kappa shape index (κ1) is 11.1. The van der Waals surface area contributed by atoms with Gasteiger partial charge < -0.3 is 4.52 Å². The van der Waals surface area contributed by atoms with Crippen molar-refractivity contribution in [2.24, 2.45) is 11.8 Å². The molecule has 86 valence electrons. The summed E-state index contributed by atoms with van der Waals surface area (Å²) >= 11 is 0. The summed E-state index contributed by atoms with van der Waals surface area (Å²) in [5.41, 5.74) is 2.68. The molecule has 0 amide bonds. The highest BCUT2D eigenvalue weighted by molar-refractivity contribution is 6.22. The van der Waals surface area contributed by atoms with E-state index in [9.17, 15) is 4.79 Å². The van der Waals surface area contributed by atoms with E-state index < -0.39 is 0 Å². The minimum Gasteiger partial charge on any atom is -0.356 e. The molecule has 0 bridgehead atoms. The molecule has 0 aromatic carbocycles. The Morgan fingerprint density at radius 1 is 1.31 bits per heavy atom. The fraction of sp³-hybridized carbons (Fsp3) is 0.538. The Balaban J connectivity index is 2.51. The zero-order valence-electron chi connectivity index (χ0n) is 10.2. The summed E-state index contributed by atoms with van der Waals surface area (Å²) in [6, 6.07) is 1.83. The van der Waals surface area contributed by atoms with Crippen LogP contribution in [-0.4, -0.2) is 10.9 Å². The molecular weight excluding hydrogens is 202 g/mol. The Hall–Kier alpha value is -1.38. The van der Waals surface area contributed by atoms with Gasteiger partial charge in [0.05, 0.1) is 11.3 Å². The van der Waals surface area contributed by atoms with Crippen LogP contribution in [0.2, 0.25) is 0 Å². The van der Waals surface area contributed by atoms with E-state index in [1.165, 1.54) is 0 Å². The first-order valence-corrected chi connectivity index (χ1v) is 5.69. The average Bonchev–Trinajstić information content (AvgIpc) is 2.62. The van der Waals surface area contributed by atoms with E-state index in [-0.39, 0.29) is 11.7 Å². The van der Waals surface area contributed by atoms with Crippen molar-refractivity contribution in [1.29, 1.82) is 0 Å². The lowest BCUT2D eigenvalue weighted by molar-refractivity contribution is -0.117. The Morgan fingerprint density at radius 3 is 2.56 bits per heavy atom. The Morgan fingerprint density at radius 2 is 2.00 bits per heavy atom. The molecule has 3 nitrogen and oxygen atoms in total. The Labute approximate surface area is 95.5 Å². The topological polar surface area (TPSA) is 43.1 Å². The Bertz CT molecular complexity index is 456. The normalized spacial score (nSPS) is 26.4. The van der Waals surface area contributed by atoms with Gasteiger partial charge >= 0.3 is 0 Å². The van der Waals surface area contributed by atoms with Crippen molar-refractivity contribution >= 4 is 11.4 Å². The third-order valence-electron chi connectivity index (χ3n) is 3.41. The first-order valence-electron chi connectivity index (χ1n) is 5.69. The van der Waals surface area contributed by atoms with Crippen LogP contribution >= 0.6 is 0 Å². The van der Waals surface area contributed by atoms with Crippen LogP contribution < -0.4 is 0 Å². The molecule has 0 aliphatic heterocycles. The molecule has 0 N–H and O–H groups in total. The van der Waals surface area contributed by atoms with Gasteiger partial charge in [-0.2, -0.15) is 0 Å². The minimum absolute atomic E-state index is 0.0825. The van der Waals surface area contributed by atoms with Gasteiger partial charge in [0.25, 0.3) is 0 Å². The van der Waals surface area contributed by atoms with Crippen LogP contribution in [0, 0.1) is 18.8 Å². The number of aromatic nitrogens is 1. The summed E-state index contributed by atoms with van der Waals surface area (Å²) in [7, 11) is 0. The lowest BCUT2D eigenvalue weighted by Gasteiger charge is -2.25. The number of rotatable bonds is 1. The molecule has 1 heterocycles. The van der Waals surface area contributed by atoms with Crippen molar-refractivity contribution in [2.75, 3.05) is 0 Å². The molecular formula is C13H17NO2. The van der Waals surface area contributed by atoms with E-state index in [2.05, 4.69) is 12.1 Å². The van der Waals surface area contributed by atoms with Gasteiger partial charge in [-0.25, -0.2) is 0 Å². The maximum absolute atomic E-state index is 12.1. The maximum atomic E-state index is 12.1. The highest BCUT2D eigenvalue weighted by Crippen LogP contribution is 2.36. The Kier molecular flexibility index (Phi) is 2.70. The summed E-state index contributed by atoms with van der Waals surface area (Å²) in [6.07, 6.45) is 0.932. The zero-order valence-corrected chi connectivity index (χ0v) is 10.2. The van der Waals surface area contributed by atoms with Gasteiger partial charge in [-0.15, -0.1) is 0 Å². The largest absolute Gasteiger partial charge is 0.356 e. The number of hydrogen-bond donors (Lipinski definition) is 0. The van der Waals surface area contributed by atoms with E-state index in [1.54, 1.807) is 0 Å². The van der Waals surface area contributed by atoms with Crippen LogP contribution in [0.25, 0.3) is 5.57 Å². The number of ketones is 1. The van der Waals surface area contributed by atoms with Gasteiger partial charge in [-0.1, -0.05) is 24.6 Å². The summed E-state index contributed by atoms with van der Waals surface area (Å²) in [4.78, 5) is 12.1. The van der Waals surface area contributed by atoms with Crippen molar-refractivity contribution in [2.45, 2.75) is 34.1 Å². The van der Waals surface area contributed by atoms with Gasteiger partial charge in [-0.3, -0.25) is 4.79 Å². The molecule has 2 rings (SSSR count). The van der Waals surface area contributed by atoms with Crippen LogP contribution in [0.1, 0.15) is 38.6 Å². The summed E-state index contributed by atoms with van der Waals surface area (Å²) in [5, 5.41) is 3.85. The van der Waals surface area contributed by atoms with E-state index in [0.29, 0.717) is 11.7 Å². The van der Waals surface area contributed by atoms with Crippen LogP contribution in [0.4, 0.5) is 0 Å². The smallest absolute Gasteiger partial charge is 0.170 e.